The first-order chi connectivity index (χ1) is 13.8. The summed E-state index contributed by atoms with van der Waals surface area (Å²) in [5.41, 5.74) is 0.719. The number of guanidine groups is 1. The summed E-state index contributed by atoms with van der Waals surface area (Å²) < 4.78 is 5.28. The molecule has 1 unspecified atom stereocenters. The van der Waals surface area contributed by atoms with Gasteiger partial charge in [-0.15, -0.1) is 24.0 Å². The van der Waals surface area contributed by atoms with Gasteiger partial charge >= 0.3 is 5.97 Å². The number of ether oxygens (including phenoxy) is 1. The molecule has 0 radical (unpaired) electrons. The Balaban J connectivity index is 0.00000450. The van der Waals surface area contributed by atoms with Gasteiger partial charge in [0.15, 0.2) is 5.96 Å². The quantitative estimate of drug-likeness (QED) is 0.234. The Morgan fingerprint density at radius 3 is 2.57 bits per heavy atom. The Hall–Kier alpha value is -1.84. The number of nitrogens with one attached hydrogen (secondary N) is 2. The first-order valence-electron chi connectivity index (χ1n) is 10.3. The minimum atomic E-state index is -0.522. The van der Waals surface area contributed by atoms with E-state index in [4.69, 9.17) is 4.74 Å². The number of benzene rings is 1. The van der Waals surface area contributed by atoms with Crippen LogP contribution < -0.4 is 10.6 Å². The standard InChI is InChI=1S/C22H34N4O3.HI/c1-5-23-21(25-15-20(28)29-22(2,3)4)24-14-18-13-19(27)26(16-18)12-11-17-9-7-6-8-10-17;/h6-10,18H,5,11-16H2,1-4H3,(H2,23,24,25);1H. The zero-order valence-corrected chi connectivity index (χ0v) is 20.8. The molecule has 8 heteroatoms. The number of hydrogen-bond acceptors (Lipinski definition) is 4. The van der Waals surface area contributed by atoms with Crippen LogP contribution in [-0.2, 0) is 20.7 Å². The Morgan fingerprint density at radius 1 is 1.23 bits per heavy atom. The molecule has 0 saturated carbocycles. The lowest BCUT2D eigenvalue weighted by Gasteiger charge is -2.19. The Morgan fingerprint density at radius 2 is 1.93 bits per heavy atom. The van der Waals surface area contributed by atoms with E-state index in [2.05, 4.69) is 27.8 Å². The number of aliphatic imine (C=N–C) groups is 1. The zero-order chi connectivity index (χ0) is 21.3. The molecule has 7 nitrogen and oxygen atoms in total. The largest absolute Gasteiger partial charge is 0.459 e. The molecule has 0 bridgehead atoms. The van der Waals surface area contributed by atoms with Gasteiger partial charge in [-0.05, 0) is 39.7 Å². The van der Waals surface area contributed by atoms with Gasteiger partial charge in [0.25, 0.3) is 0 Å². The molecule has 2 rings (SSSR count). The highest BCUT2D eigenvalue weighted by molar-refractivity contribution is 14.0. The van der Waals surface area contributed by atoms with Gasteiger partial charge in [0, 0.05) is 38.5 Å². The number of carbonyl (C=O) groups excluding carboxylic acids is 2. The van der Waals surface area contributed by atoms with E-state index >= 15 is 0 Å². The lowest BCUT2D eigenvalue weighted by atomic mass is 10.1. The molecule has 1 heterocycles. The predicted molar refractivity (Wildman–Crippen MR) is 130 cm³/mol. The summed E-state index contributed by atoms with van der Waals surface area (Å²) in [5.74, 6) is 0.624. The number of esters is 1. The third-order valence-corrected chi connectivity index (χ3v) is 4.50. The fourth-order valence-electron chi connectivity index (χ4n) is 3.22. The summed E-state index contributed by atoms with van der Waals surface area (Å²) in [4.78, 5) is 30.4. The number of amides is 1. The summed E-state index contributed by atoms with van der Waals surface area (Å²) in [6, 6.07) is 10.2. The second-order valence-electron chi connectivity index (χ2n) is 8.31. The second kappa shape index (κ2) is 12.8. The maximum absolute atomic E-state index is 12.3. The minimum absolute atomic E-state index is 0. The van der Waals surface area contributed by atoms with E-state index < -0.39 is 5.60 Å². The molecule has 1 aliphatic rings. The highest BCUT2D eigenvalue weighted by Crippen LogP contribution is 2.17. The summed E-state index contributed by atoms with van der Waals surface area (Å²) >= 11 is 0. The van der Waals surface area contributed by atoms with Crippen LogP contribution in [0.25, 0.3) is 0 Å². The lowest BCUT2D eigenvalue weighted by molar-refractivity contribution is -0.152. The fraction of sp³-hybridized carbons (Fsp3) is 0.591. The van der Waals surface area contributed by atoms with Gasteiger partial charge in [0.2, 0.25) is 5.91 Å². The van der Waals surface area contributed by atoms with Crippen molar-refractivity contribution >= 4 is 41.8 Å². The van der Waals surface area contributed by atoms with Gasteiger partial charge in [0.1, 0.15) is 12.1 Å². The van der Waals surface area contributed by atoms with Crippen molar-refractivity contribution in [3.8, 4) is 0 Å². The monoisotopic (exact) mass is 530 g/mol. The van der Waals surface area contributed by atoms with Gasteiger partial charge in [-0.2, -0.15) is 0 Å². The molecular formula is C22H35IN4O3. The summed E-state index contributed by atoms with van der Waals surface area (Å²) in [7, 11) is 0. The molecule has 1 atom stereocenters. The fourth-order valence-corrected chi connectivity index (χ4v) is 3.22. The lowest BCUT2D eigenvalue weighted by Crippen LogP contribution is -2.41. The van der Waals surface area contributed by atoms with Crippen LogP contribution in [-0.4, -0.2) is 61.1 Å². The molecule has 1 aliphatic heterocycles. The molecule has 30 heavy (non-hydrogen) atoms. The summed E-state index contributed by atoms with van der Waals surface area (Å²) in [5, 5.41) is 6.37. The molecule has 1 fully saturated rings. The van der Waals surface area contributed by atoms with Gasteiger partial charge in [0.05, 0.1) is 0 Å². The van der Waals surface area contributed by atoms with Gasteiger partial charge in [-0.25, -0.2) is 4.99 Å². The maximum atomic E-state index is 12.3. The van der Waals surface area contributed by atoms with E-state index in [1.54, 1.807) is 0 Å². The Kier molecular flexibility index (Phi) is 11.1. The number of rotatable bonds is 8. The normalized spacial score (nSPS) is 16.8. The van der Waals surface area contributed by atoms with E-state index in [0.717, 1.165) is 19.5 Å². The first-order valence-corrected chi connectivity index (χ1v) is 10.3. The van der Waals surface area contributed by atoms with Gasteiger partial charge in [-0.3, -0.25) is 9.59 Å². The number of halogens is 1. The molecule has 0 aliphatic carbocycles. The van der Waals surface area contributed by atoms with Crippen molar-refractivity contribution in [3.63, 3.8) is 0 Å². The third kappa shape index (κ3) is 9.77. The molecular weight excluding hydrogens is 495 g/mol. The van der Waals surface area contributed by atoms with Gasteiger partial charge < -0.3 is 20.3 Å². The maximum Gasteiger partial charge on any atom is 0.328 e. The van der Waals surface area contributed by atoms with Crippen LogP contribution in [0, 0.1) is 5.92 Å². The Labute approximate surface area is 197 Å². The van der Waals surface area contributed by atoms with Crippen molar-refractivity contribution in [2.24, 2.45) is 10.9 Å². The van der Waals surface area contributed by atoms with Crippen LogP contribution in [0.15, 0.2) is 35.3 Å². The highest BCUT2D eigenvalue weighted by Gasteiger charge is 2.29. The number of hydrogen-bond donors (Lipinski definition) is 2. The van der Waals surface area contributed by atoms with Crippen LogP contribution in [0.3, 0.4) is 0 Å². The molecule has 1 saturated heterocycles. The average molecular weight is 530 g/mol. The van der Waals surface area contributed by atoms with E-state index in [1.807, 2.05) is 50.8 Å². The van der Waals surface area contributed by atoms with Crippen LogP contribution in [0.4, 0.5) is 0 Å². The highest BCUT2D eigenvalue weighted by atomic mass is 127. The van der Waals surface area contributed by atoms with E-state index in [0.29, 0.717) is 25.5 Å². The first kappa shape index (κ1) is 26.2. The van der Waals surface area contributed by atoms with E-state index in [1.165, 1.54) is 5.56 Å². The molecule has 2 N–H and O–H groups in total. The Bertz CT molecular complexity index is 704. The average Bonchev–Trinajstić information content (AvgIpc) is 3.01. The van der Waals surface area contributed by atoms with Crippen molar-refractivity contribution in [2.75, 3.05) is 32.7 Å². The molecule has 0 aromatic heterocycles. The van der Waals surface area contributed by atoms with Crippen LogP contribution in [0.5, 0.6) is 0 Å². The van der Waals surface area contributed by atoms with Crippen molar-refractivity contribution < 1.29 is 14.3 Å². The van der Waals surface area contributed by atoms with Crippen molar-refractivity contribution in [3.05, 3.63) is 35.9 Å². The second-order valence-corrected chi connectivity index (χ2v) is 8.31. The topological polar surface area (TPSA) is 83.0 Å². The SMILES string of the molecule is CCNC(=NCC(=O)OC(C)(C)C)NCC1CC(=O)N(CCc2ccccc2)C1.I. The predicted octanol–water partition coefficient (Wildman–Crippen LogP) is 2.59. The molecule has 1 aromatic carbocycles. The number of nitrogens with zero attached hydrogens (tertiary/aromatic N) is 2. The van der Waals surface area contributed by atoms with E-state index in [9.17, 15) is 9.59 Å². The van der Waals surface area contributed by atoms with Gasteiger partial charge in [-0.1, -0.05) is 30.3 Å². The third-order valence-electron chi connectivity index (χ3n) is 4.50. The summed E-state index contributed by atoms with van der Waals surface area (Å²) in [6.07, 6.45) is 1.40. The molecule has 1 aromatic rings. The minimum Gasteiger partial charge on any atom is -0.459 e. The van der Waals surface area contributed by atoms with Crippen molar-refractivity contribution in [1.29, 1.82) is 0 Å². The molecule has 168 valence electrons. The number of carbonyl (C=O) groups is 2. The van der Waals surface area contributed by atoms with E-state index in [-0.39, 0.29) is 48.3 Å². The van der Waals surface area contributed by atoms with Crippen molar-refractivity contribution in [1.82, 2.24) is 15.5 Å². The van der Waals surface area contributed by atoms with Crippen LogP contribution in [0.2, 0.25) is 0 Å². The smallest absolute Gasteiger partial charge is 0.328 e. The van der Waals surface area contributed by atoms with Crippen LogP contribution >= 0.6 is 24.0 Å². The van der Waals surface area contributed by atoms with Crippen LogP contribution in [0.1, 0.15) is 39.7 Å². The summed E-state index contributed by atoms with van der Waals surface area (Å²) in [6.45, 7) is 10.2. The molecule has 0 spiro atoms. The zero-order valence-electron chi connectivity index (χ0n) is 18.4. The molecule has 1 amide bonds. The number of likely N-dealkylation sites (tertiary alicyclic amines) is 1. The van der Waals surface area contributed by atoms with Crippen molar-refractivity contribution in [2.45, 2.75) is 46.1 Å².